The van der Waals surface area contributed by atoms with Crippen LogP contribution in [0.3, 0.4) is 0 Å². The summed E-state index contributed by atoms with van der Waals surface area (Å²) < 4.78 is 0. The minimum Gasteiger partial charge on any atom is -0.894 e. The van der Waals surface area contributed by atoms with Gasteiger partial charge in [-0.3, -0.25) is 0 Å². The van der Waals surface area contributed by atoms with Gasteiger partial charge in [-0.25, -0.2) is 0 Å². The molecule has 0 aliphatic carbocycles. The summed E-state index contributed by atoms with van der Waals surface area (Å²) in [4.78, 5) is 103. The van der Waals surface area contributed by atoms with Gasteiger partial charge < -0.3 is 84.7 Å². The third-order valence-electron chi connectivity index (χ3n) is 0. The first kappa shape index (κ1) is 44.1. The Bertz CT molecular complexity index is 104. The van der Waals surface area contributed by atoms with Crippen molar-refractivity contribution in [3.63, 3.8) is 0 Å². The fourth-order valence-corrected chi connectivity index (χ4v) is 0. The molecule has 0 aliphatic rings. The van der Waals surface area contributed by atoms with Crippen LogP contribution in [-0.2, 0) is 0 Å². The Morgan fingerprint density at radius 2 is 0.316 bits per heavy atom. The van der Waals surface area contributed by atoms with E-state index in [0.29, 0.717) is 0 Å². The van der Waals surface area contributed by atoms with Crippen molar-refractivity contribution in [3.05, 3.63) is 0 Å². The molecule has 0 aromatic rings. The summed E-state index contributed by atoms with van der Waals surface area (Å²) in [5.74, 6) is 0. The van der Waals surface area contributed by atoms with Crippen LogP contribution < -0.4 is 57.5 Å². The van der Waals surface area contributed by atoms with Gasteiger partial charge in [-0.15, -0.1) is 0 Å². The topological polar surface area (TPSA) is 277 Å². The minimum absolute atomic E-state index is 0. The Morgan fingerprint density at radius 3 is 0.316 bits per heavy atom. The molecule has 2 radical (unpaired) electrons. The van der Waals surface area contributed by atoms with Crippen LogP contribution in [0.2, 0.25) is 0 Å². The second-order valence-electron chi connectivity index (χ2n) is 1.50. The van der Waals surface area contributed by atoms with Gasteiger partial charge in [-0.1, -0.05) is 0 Å². The molecule has 12 nitrogen and oxygen atoms in total. The van der Waals surface area contributed by atoms with Gasteiger partial charge in [0.25, 0.3) is 0 Å². The summed E-state index contributed by atoms with van der Waals surface area (Å²) in [7, 11) is -16.8. The van der Waals surface area contributed by atoms with E-state index in [1.165, 1.54) is 0 Å². The first-order valence-electron chi connectivity index (χ1n) is 2.45. The van der Waals surface area contributed by atoms with E-state index in [-0.39, 0.29) is 154 Å². The molecule has 0 unspecified atom stereocenters. The number of hydrogen-bond donors (Lipinski definition) is 0. The molecule has 19 heavy (non-hydrogen) atoms. The van der Waals surface area contributed by atoms with Crippen molar-refractivity contribution < 1.29 is 211 Å². The third-order valence-corrected chi connectivity index (χ3v) is 0. The fraction of sp³-hybridized carbons (Fsp3) is 0. The van der Waals surface area contributed by atoms with Crippen molar-refractivity contribution in [2.75, 3.05) is 0 Å². The van der Waals surface area contributed by atoms with Crippen molar-refractivity contribution in [1.29, 1.82) is 0 Å². The van der Waals surface area contributed by atoms with Crippen molar-refractivity contribution in [2.45, 2.75) is 0 Å². The van der Waals surface area contributed by atoms with Gasteiger partial charge >= 0.3 is 154 Å². The van der Waals surface area contributed by atoms with Crippen LogP contribution in [0.5, 0.6) is 0 Å². The van der Waals surface area contributed by atoms with E-state index in [0.717, 1.165) is 0 Å². The average Bonchev–Trinajstić information content (AvgIpc) is 1.41. The molecule has 0 atom stereocenters. The van der Waals surface area contributed by atoms with Gasteiger partial charge in [0.1, 0.15) is 0 Å². The zero-order valence-corrected chi connectivity index (χ0v) is 18.5. The summed E-state index contributed by atoms with van der Waals surface area (Å²) >= 11 is 0. The van der Waals surface area contributed by atoms with Crippen LogP contribution in [0, 0.1) is 154 Å². The molecule has 0 heterocycles. The van der Waals surface area contributed by atoms with Crippen molar-refractivity contribution in [2.24, 2.45) is 0 Å². The van der Waals surface area contributed by atoms with E-state index in [1.54, 1.807) is 0 Å². The van der Waals surface area contributed by atoms with Crippen LogP contribution >= 0.6 is 0 Å². The summed E-state index contributed by atoms with van der Waals surface area (Å²) in [6, 6.07) is 0. The Kier molecular flexibility index (Phi) is 49.5. The second kappa shape index (κ2) is 21.3. The second-order valence-corrected chi connectivity index (χ2v) is 4.50. The minimum atomic E-state index is -5.61. The normalized spacial score (nSPS) is 9.47. The molecular weight excluding hydrogens is 941 g/mol. The Balaban J connectivity index is -0.0000000206. The summed E-state index contributed by atoms with van der Waals surface area (Å²) in [6.45, 7) is 0. The van der Waals surface area contributed by atoms with E-state index in [4.69, 9.17) is 57.5 Å². The molecule has 0 rings (SSSR count). The molecule has 0 aromatic carbocycles. The molecule has 0 bridgehead atoms. The zero-order valence-electron chi connectivity index (χ0n) is 7.62. The summed E-state index contributed by atoms with van der Waals surface area (Å²) in [5, 5.41) is 0. The van der Waals surface area contributed by atoms with Gasteiger partial charge in [-0.05, 0) is 0 Å². The van der Waals surface area contributed by atoms with Gasteiger partial charge in [0.15, 0.2) is 0 Å². The zero-order chi connectivity index (χ0) is 13.5. The molecule has 0 aromatic heterocycles. The molecule has 0 aliphatic heterocycles. The van der Waals surface area contributed by atoms with E-state index in [9.17, 15) is 0 Å². The quantitative estimate of drug-likeness (QED) is 0.205. The van der Waals surface area contributed by atoms with Crippen molar-refractivity contribution >= 4 is 27.1 Å². The number of rotatable bonds is 0. The Morgan fingerprint density at radius 1 is 0.316 bits per heavy atom. The van der Waals surface area contributed by atoms with Gasteiger partial charge in [0.05, 0.1) is 0 Å². The SMILES string of the molecule is [Gd+3].[Gd+3].[Lu+3].[Lu+3].[O-][Si]([O-])([O-])[O-].[O-][Si]([O-])([O-])[O-].[O-][Si]([O-])([O-])[O-]. The molecular formula is Gd2Lu2O12Si3. The summed E-state index contributed by atoms with van der Waals surface area (Å²) in [6.07, 6.45) is 0. The molecule has 130 valence electrons. The molecule has 19 heteroatoms. The average molecular weight is 941 g/mol. The monoisotopic (exact) mass is 942 g/mol. The molecule has 0 spiro atoms. The van der Waals surface area contributed by atoms with Crippen LogP contribution in [0.15, 0.2) is 0 Å². The maximum absolute atomic E-state index is 8.58. The number of hydrogen-bond acceptors (Lipinski definition) is 12. The largest absolute Gasteiger partial charge is 3.00 e. The van der Waals surface area contributed by atoms with Crippen LogP contribution in [-0.4, -0.2) is 27.1 Å². The Hall–Kier alpha value is 5.29. The van der Waals surface area contributed by atoms with Crippen molar-refractivity contribution in [3.8, 4) is 0 Å². The van der Waals surface area contributed by atoms with Crippen LogP contribution in [0.4, 0.5) is 0 Å². The van der Waals surface area contributed by atoms with Crippen LogP contribution in [0.25, 0.3) is 0 Å². The maximum atomic E-state index is 8.58. The van der Waals surface area contributed by atoms with Gasteiger partial charge in [0.2, 0.25) is 0 Å². The molecule has 0 saturated heterocycles. The van der Waals surface area contributed by atoms with E-state index >= 15 is 0 Å². The standard InChI is InChI=1S/2Gd.2Lu.3O4Si/c;;;;3*1-5(2,3)4/q4*+3;3*-4. The first-order valence-corrected chi connectivity index (χ1v) is 7.35. The van der Waals surface area contributed by atoms with Gasteiger partial charge in [0, 0.05) is 0 Å². The molecule has 0 N–H and O–H groups in total. The van der Waals surface area contributed by atoms with Gasteiger partial charge in [-0.2, -0.15) is 0 Å². The van der Waals surface area contributed by atoms with Crippen molar-refractivity contribution in [1.82, 2.24) is 0 Å². The van der Waals surface area contributed by atoms with Crippen LogP contribution in [0.1, 0.15) is 0 Å². The smallest absolute Gasteiger partial charge is 0.894 e. The maximum Gasteiger partial charge on any atom is 3.00 e. The predicted octanol–water partition coefficient (Wildman–Crippen LogP) is -15.4. The van der Waals surface area contributed by atoms with E-state index in [1.807, 2.05) is 0 Å². The fourth-order valence-electron chi connectivity index (χ4n) is 0. The summed E-state index contributed by atoms with van der Waals surface area (Å²) in [5.41, 5.74) is 0. The van der Waals surface area contributed by atoms with E-state index < -0.39 is 27.1 Å². The molecule has 0 saturated carbocycles. The molecule has 0 amide bonds. The van der Waals surface area contributed by atoms with E-state index in [2.05, 4.69) is 0 Å². The first-order chi connectivity index (χ1) is 6.00. The predicted molar refractivity (Wildman–Crippen MR) is 17.3 cm³/mol. The molecule has 0 fully saturated rings. The third kappa shape index (κ3) is 377. The Labute approximate surface area is 233 Å².